The van der Waals surface area contributed by atoms with Crippen molar-refractivity contribution in [1.82, 2.24) is 25.0 Å². The highest BCUT2D eigenvalue weighted by atomic mass is 16.1. The van der Waals surface area contributed by atoms with E-state index in [4.69, 9.17) is 11.5 Å². The van der Waals surface area contributed by atoms with Gasteiger partial charge in [0.05, 0.1) is 36.0 Å². The molecule has 0 spiro atoms. The van der Waals surface area contributed by atoms with Crippen LogP contribution in [0.15, 0.2) is 43.0 Å². The van der Waals surface area contributed by atoms with E-state index in [1.165, 1.54) is 4.80 Å². The fourth-order valence-corrected chi connectivity index (χ4v) is 3.45. The van der Waals surface area contributed by atoms with Gasteiger partial charge in [0, 0.05) is 12.1 Å². The minimum Gasteiger partial charge on any atom is -0.366 e. The molecule has 1 amide bonds. The third-order valence-electron chi connectivity index (χ3n) is 4.95. The third-order valence-corrected chi connectivity index (χ3v) is 4.95. The zero-order valence-corrected chi connectivity index (χ0v) is 15.8. The molecule has 10 nitrogen and oxygen atoms in total. The van der Waals surface area contributed by atoms with E-state index in [0.29, 0.717) is 23.0 Å². The largest absolute Gasteiger partial charge is 0.366 e. The van der Waals surface area contributed by atoms with Crippen LogP contribution in [0.25, 0.3) is 5.69 Å². The van der Waals surface area contributed by atoms with E-state index in [1.54, 1.807) is 43.0 Å². The Kier molecular flexibility index (Phi) is 5.34. The number of hydrogen-bond acceptors (Lipinski definition) is 8. The number of carbonyl (C=O) groups excluding carboxylic acids is 1. The highest BCUT2D eigenvalue weighted by Crippen LogP contribution is 2.24. The topological polar surface area (TPSA) is 150 Å². The van der Waals surface area contributed by atoms with Gasteiger partial charge in [-0.3, -0.25) is 9.78 Å². The van der Waals surface area contributed by atoms with Gasteiger partial charge in [0.2, 0.25) is 0 Å². The second-order valence-corrected chi connectivity index (χ2v) is 7.03. The number of pyridine rings is 2. The van der Waals surface area contributed by atoms with Gasteiger partial charge >= 0.3 is 0 Å². The van der Waals surface area contributed by atoms with Crippen molar-refractivity contribution < 1.29 is 4.79 Å². The van der Waals surface area contributed by atoms with Crippen LogP contribution in [0.4, 0.5) is 17.3 Å². The summed E-state index contributed by atoms with van der Waals surface area (Å²) >= 11 is 0. The fourth-order valence-electron chi connectivity index (χ4n) is 3.45. The van der Waals surface area contributed by atoms with Crippen LogP contribution in [0.3, 0.4) is 0 Å². The molecule has 0 saturated heterocycles. The summed E-state index contributed by atoms with van der Waals surface area (Å²) in [6.07, 6.45) is 10.7. The first kappa shape index (κ1) is 18.8. The van der Waals surface area contributed by atoms with Crippen LogP contribution in [0.1, 0.15) is 36.0 Å². The Balaban J connectivity index is 1.60. The lowest BCUT2D eigenvalue weighted by atomic mass is 9.91. The molecule has 10 heteroatoms. The van der Waals surface area contributed by atoms with Crippen molar-refractivity contribution in [2.45, 2.75) is 37.8 Å². The second kappa shape index (κ2) is 8.23. The van der Waals surface area contributed by atoms with Crippen molar-refractivity contribution in [2.24, 2.45) is 11.5 Å². The van der Waals surface area contributed by atoms with Gasteiger partial charge in [0.15, 0.2) is 0 Å². The lowest BCUT2D eigenvalue weighted by Crippen LogP contribution is -2.42. The van der Waals surface area contributed by atoms with Crippen LogP contribution in [0.5, 0.6) is 0 Å². The maximum atomic E-state index is 11.9. The van der Waals surface area contributed by atoms with Crippen molar-refractivity contribution in [3.63, 3.8) is 0 Å². The van der Waals surface area contributed by atoms with E-state index in [9.17, 15) is 4.79 Å². The second-order valence-electron chi connectivity index (χ2n) is 7.03. The summed E-state index contributed by atoms with van der Waals surface area (Å²) in [4.78, 5) is 22.1. The smallest absolute Gasteiger partial charge is 0.252 e. The minimum absolute atomic E-state index is 0.0835. The molecule has 0 unspecified atom stereocenters. The Labute approximate surface area is 167 Å². The number of rotatable bonds is 6. The fraction of sp³-hybridized carbons (Fsp3) is 0.316. The molecule has 1 saturated carbocycles. The molecule has 0 radical (unpaired) electrons. The van der Waals surface area contributed by atoms with Crippen LogP contribution in [-0.2, 0) is 0 Å². The Hall–Kier alpha value is -3.53. The first-order valence-electron chi connectivity index (χ1n) is 9.52. The molecule has 2 atom stereocenters. The van der Waals surface area contributed by atoms with Gasteiger partial charge in [-0.2, -0.15) is 10.2 Å². The van der Waals surface area contributed by atoms with E-state index < -0.39 is 5.91 Å². The molecular formula is C19H23N9O. The van der Waals surface area contributed by atoms with E-state index in [1.807, 2.05) is 0 Å². The molecule has 0 aliphatic heterocycles. The van der Waals surface area contributed by atoms with Crippen LogP contribution < -0.4 is 22.1 Å². The Morgan fingerprint density at radius 3 is 2.69 bits per heavy atom. The average Bonchev–Trinajstić information content (AvgIpc) is 3.25. The lowest BCUT2D eigenvalue weighted by molar-refractivity contribution is 0.100. The van der Waals surface area contributed by atoms with Crippen LogP contribution >= 0.6 is 0 Å². The maximum absolute atomic E-state index is 11.9. The quantitative estimate of drug-likeness (QED) is 0.493. The van der Waals surface area contributed by atoms with E-state index >= 15 is 0 Å². The molecule has 1 fully saturated rings. The first-order valence-corrected chi connectivity index (χ1v) is 9.52. The number of nitrogens with two attached hydrogens (primary N) is 2. The number of primary amides is 1. The van der Waals surface area contributed by atoms with Gasteiger partial charge in [-0.25, -0.2) is 4.98 Å². The predicted molar refractivity (Wildman–Crippen MR) is 109 cm³/mol. The molecule has 1 aliphatic rings. The molecule has 0 bridgehead atoms. The van der Waals surface area contributed by atoms with E-state index in [0.717, 1.165) is 25.7 Å². The van der Waals surface area contributed by atoms with Crippen LogP contribution in [0.2, 0.25) is 0 Å². The summed E-state index contributed by atoms with van der Waals surface area (Å²) in [5.41, 5.74) is 13.3. The van der Waals surface area contributed by atoms with Gasteiger partial charge in [0.25, 0.3) is 5.91 Å². The van der Waals surface area contributed by atoms with E-state index in [2.05, 4.69) is 30.8 Å². The van der Waals surface area contributed by atoms with E-state index in [-0.39, 0.29) is 17.6 Å². The zero-order valence-electron chi connectivity index (χ0n) is 15.8. The van der Waals surface area contributed by atoms with Gasteiger partial charge in [0.1, 0.15) is 17.3 Å². The first-order chi connectivity index (χ1) is 14.1. The number of hydrogen-bond donors (Lipinski definition) is 4. The number of aromatic nitrogens is 5. The van der Waals surface area contributed by atoms with Gasteiger partial charge in [-0.15, -0.1) is 4.80 Å². The number of nitrogens with one attached hydrogen (secondary N) is 2. The number of anilines is 3. The number of nitrogens with zero attached hydrogens (tertiary/aromatic N) is 5. The lowest BCUT2D eigenvalue weighted by Gasteiger charge is -2.29. The molecule has 0 aromatic carbocycles. The third kappa shape index (κ3) is 4.32. The molecule has 1 aliphatic carbocycles. The summed E-state index contributed by atoms with van der Waals surface area (Å²) in [5, 5.41) is 14.7. The normalized spacial score (nSPS) is 18.9. The van der Waals surface area contributed by atoms with Crippen molar-refractivity contribution >= 4 is 23.2 Å². The maximum Gasteiger partial charge on any atom is 0.252 e. The molecule has 3 aromatic rings. The highest BCUT2D eigenvalue weighted by molar-refractivity contribution is 5.98. The Bertz CT molecular complexity index is 989. The number of carbonyl (C=O) groups is 1. The van der Waals surface area contributed by atoms with Crippen molar-refractivity contribution in [3.05, 3.63) is 48.5 Å². The van der Waals surface area contributed by atoms with Crippen molar-refractivity contribution in [2.75, 3.05) is 10.6 Å². The SMILES string of the molecule is NC(=O)c1ccc(N[C@@H]2CCCC[C@@H]2N)nc1Nc1cncc(-n2nccn2)c1. The summed E-state index contributed by atoms with van der Waals surface area (Å²) < 4.78 is 0. The van der Waals surface area contributed by atoms with Gasteiger partial charge < -0.3 is 22.1 Å². The standard InChI is InChI=1S/C19H23N9O/c20-15-3-1-2-4-16(15)26-17-6-5-14(18(21)29)19(27-17)25-12-9-13(11-22-10-12)28-23-7-8-24-28/h5-11,15-16H,1-4,20H2,(H2,21,29)(H2,25,26,27)/t15-,16+/m0/s1. The monoisotopic (exact) mass is 393 g/mol. The summed E-state index contributed by atoms with van der Waals surface area (Å²) in [5.74, 6) is 0.413. The molecule has 3 aromatic heterocycles. The highest BCUT2D eigenvalue weighted by Gasteiger charge is 2.22. The Morgan fingerprint density at radius 1 is 1.14 bits per heavy atom. The number of amides is 1. The van der Waals surface area contributed by atoms with Crippen molar-refractivity contribution in [1.29, 1.82) is 0 Å². The molecule has 29 heavy (non-hydrogen) atoms. The average molecular weight is 393 g/mol. The Morgan fingerprint density at radius 2 is 1.93 bits per heavy atom. The van der Waals surface area contributed by atoms with Crippen LogP contribution in [-0.4, -0.2) is 43.0 Å². The summed E-state index contributed by atoms with van der Waals surface area (Å²) in [7, 11) is 0. The molecular weight excluding hydrogens is 370 g/mol. The van der Waals surface area contributed by atoms with Gasteiger partial charge in [-0.05, 0) is 31.0 Å². The minimum atomic E-state index is -0.571. The summed E-state index contributed by atoms with van der Waals surface area (Å²) in [6, 6.07) is 5.44. The molecule has 4 rings (SSSR count). The molecule has 6 N–H and O–H groups in total. The van der Waals surface area contributed by atoms with Crippen molar-refractivity contribution in [3.8, 4) is 5.69 Å². The summed E-state index contributed by atoms with van der Waals surface area (Å²) in [6.45, 7) is 0. The van der Waals surface area contributed by atoms with Gasteiger partial charge in [-0.1, -0.05) is 12.8 Å². The molecule has 3 heterocycles. The van der Waals surface area contributed by atoms with Crippen LogP contribution in [0, 0.1) is 0 Å². The zero-order chi connectivity index (χ0) is 20.2. The molecule has 150 valence electrons. The predicted octanol–water partition coefficient (Wildman–Crippen LogP) is 1.58.